The Morgan fingerprint density at radius 3 is 2.68 bits per heavy atom. The average molecular weight is 341 g/mol. The number of hydrogen-bond donors (Lipinski definition) is 1. The van der Waals surface area contributed by atoms with E-state index in [0.717, 1.165) is 38.5 Å². The molecule has 1 aromatic carbocycles. The molecule has 1 aliphatic heterocycles. The number of hydrogen-bond acceptors (Lipinski definition) is 2. The lowest BCUT2D eigenvalue weighted by Crippen LogP contribution is -2.39. The van der Waals surface area contributed by atoms with Crippen molar-refractivity contribution in [2.45, 2.75) is 65.0 Å². The maximum absolute atomic E-state index is 10.8. The second kappa shape index (κ2) is 7.13. The van der Waals surface area contributed by atoms with Crippen molar-refractivity contribution in [2.24, 2.45) is 5.92 Å². The van der Waals surface area contributed by atoms with E-state index in [1.54, 1.807) is 5.56 Å². The predicted molar refractivity (Wildman–Crippen MR) is 104 cm³/mol. The third-order valence-corrected chi connectivity index (χ3v) is 6.27. The maximum Gasteiger partial charge on any atom is 0.0845 e. The molecule has 0 saturated carbocycles. The van der Waals surface area contributed by atoms with Gasteiger partial charge in [-0.3, -0.25) is 0 Å². The molecule has 4 rings (SSSR count). The Balaban J connectivity index is 1.56. The summed E-state index contributed by atoms with van der Waals surface area (Å²) in [5, 5.41) is 12.2. The number of fused-ring (bicyclic) bond motifs is 3. The minimum atomic E-state index is -0.281. The summed E-state index contributed by atoms with van der Waals surface area (Å²) < 4.78 is 2.43. The van der Waals surface area contributed by atoms with Crippen molar-refractivity contribution in [2.75, 3.05) is 19.6 Å². The molecule has 2 heterocycles. The van der Waals surface area contributed by atoms with E-state index in [4.69, 9.17) is 0 Å². The van der Waals surface area contributed by atoms with Gasteiger partial charge in [-0.2, -0.15) is 0 Å². The molecule has 1 atom stereocenters. The molecule has 1 N–H and O–H groups in total. The molecular weight excluding hydrogens is 308 g/mol. The molecule has 1 fully saturated rings. The highest BCUT2D eigenvalue weighted by Crippen LogP contribution is 2.33. The van der Waals surface area contributed by atoms with E-state index in [0.29, 0.717) is 0 Å². The number of aliphatic hydroxyl groups is 1. The van der Waals surface area contributed by atoms with Gasteiger partial charge in [-0.1, -0.05) is 18.6 Å². The first kappa shape index (κ1) is 17.1. The van der Waals surface area contributed by atoms with E-state index in [9.17, 15) is 5.11 Å². The molecule has 2 aromatic rings. The zero-order valence-corrected chi connectivity index (χ0v) is 15.8. The second-order valence-electron chi connectivity index (χ2n) is 8.40. The number of rotatable bonds is 4. The van der Waals surface area contributed by atoms with Crippen LogP contribution in [-0.4, -0.2) is 40.3 Å². The fourth-order valence-electron chi connectivity index (χ4n) is 4.77. The molecule has 0 amide bonds. The minimum absolute atomic E-state index is 0.281. The lowest BCUT2D eigenvalue weighted by molar-refractivity contribution is 0.0804. The van der Waals surface area contributed by atoms with Gasteiger partial charge in [0.25, 0.3) is 0 Å². The van der Waals surface area contributed by atoms with Crippen LogP contribution in [0.1, 0.15) is 49.4 Å². The molecule has 136 valence electrons. The molecule has 3 heteroatoms. The summed E-state index contributed by atoms with van der Waals surface area (Å²) in [6.45, 7) is 8.35. The second-order valence-corrected chi connectivity index (χ2v) is 8.40. The van der Waals surface area contributed by atoms with E-state index in [-0.39, 0.29) is 6.10 Å². The average Bonchev–Trinajstić information content (AvgIpc) is 2.91. The number of likely N-dealkylation sites (tertiary alicyclic amines) is 1. The number of benzene rings is 1. The van der Waals surface area contributed by atoms with Crippen molar-refractivity contribution < 1.29 is 5.11 Å². The first-order valence-electron chi connectivity index (χ1n) is 10.1. The summed E-state index contributed by atoms with van der Waals surface area (Å²) in [4.78, 5) is 2.45. The van der Waals surface area contributed by atoms with Gasteiger partial charge in [-0.25, -0.2) is 0 Å². The van der Waals surface area contributed by atoms with Gasteiger partial charge >= 0.3 is 0 Å². The normalized spacial score (nSPS) is 20.8. The van der Waals surface area contributed by atoms with Crippen LogP contribution >= 0.6 is 0 Å². The summed E-state index contributed by atoms with van der Waals surface area (Å²) in [6.07, 6.45) is 7.20. The Hall–Kier alpha value is -1.32. The van der Waals surface area contributed by atoms with Gasteiger partial charge in [0.05, 0.1) is 12.6 Å². The van der Waals surface area contributed by atoms with Crippen molar-refractivity contribution in [3.63, 3.8) is 0 Å². The first-order chi connectivity index (χ1) is 12.1. The standard InChI is InChI=1S/C22H32N2O/c1-16-9-11-23(12-10-16)14-18(25)15-24-21-6-4-3-5-19(21)20-13-17(2)7-8-22(20)24/h7-8,13,16,18,25H,3-6,9-12,14-15H2,1-2H3/t18-/m0/s1. The summed E-state index contributed by atoms with van der Waals surface area (Å²) in [6, 6.07) is 6.81. The highest BCUT2D eigenvalue weighted by Gasteiger charge is 2.23. The Morgan fingerprint density at radius 2 is 1.88 bits per heavy atom. The number of nitrogens with zero attached hydrogens (tertiary/aromatic N) is 2. The van der Waals surface area contributed by atoms with Gasteiger partial charge < -0.3 is 14.6 Å². The van der Waals surface area contributed by atoms with E-state index in [2.05, 4.69) is 41.5 Å². The van der Waals surface area contributed by atoms with E-state index in [1.165, 1.54) is 54.3 Å². The van der Waals surface area contributed by atoms with Gasteiger partial charge in [0, 0.05) is 23.1 Å². The van der Waals surface area contributed by atoms with Gasteiger partial charge in [-0.15, -0.1) is 0 Å². The topological polar surface area (TPSA) is 28.4 Å². The largest absolute Gasteiger partial charge is 0.390 e. The zero-order valence-electron chi connectivity index (χ0n) is 15.8. The van der Waals surface area contributed by atoms with Crippen LogP contribution in [0.15, 0.2) is 18.2 Å². The van der Waals surface area contributed by atoms with Crippen LogP contribution in [0.5, 0.6) is 0 Å². The molecule has 1 aromatic heterocycles. The molecule has 25 heavy (non-hydrogen) atoms. The monoisotopic (exact) mass is 340 g/mol. The van der Waals surface area contributed by atoms with Crippen molar-refractivity contribution in [1.82, 2.24) is 9.47 Å². The van der Waals surface area contributed by atoms with Crippen LogP contribution in [0.3, 0.4) is 0 Å². The van der Waals surface area contributed by atoms with Crippen molar-refractivity contribution in [1.29, 1.82) is 0 Å². The fraction of sp³-hybridized carbons (Fsp3) is 0.636. The summed E-state index contributed by atoms with van der Waals surface area (Å²) in [5.74, 6) is 0.844. The molecule has 0 bridgehead atoms. The van der Waals surface area contributed by atoms with Crippen LogP contribution < -0.4 is 0 Å². The van der Waals surface area contributed by atoms with E-state index >= 15 is 0 Å². The van der Waals surface area contributed by atoms with Crippen LogP contribution in [0.2, 0.25) is 0 Å². The molecule has 0 unspecified atom stereocenters. The maximum atomic E-state index is 10.8. The van der Waals surface area contributed by atoms with Gasteiger partial charge in [0.15, 0.2) is 0 Å². The zero-order chi connectivity index (χ0) is 17.4. The van der Waals surface area contributed by atoms with Crippen molar-refractivity contribution >= 4 is 10.9 Å². The van der Waals surface area contributed by atoms with Gasteiger partial charge in [0.1, 0.15) is 0 Å². The minimum Gasteiger partial charge on any atom is -0.390 e. The molecule has 1 aliphatic carbocycles. The summed E-state index contributed by atoms with van der Waals surface area (Å²) in [5.41, 5.74) is 5.69. The molecule has 1 saturated heterocycles. The Labute approximate surface area is 151 Å². The third kappa shape index (κ3) is 3.50. The SMILES string of the molecule is Cc1ccc2c(c1)c1c(n2C[C@@H](O)CN2CCC(C)CC2)CCCC1. The lowest BCUT2D eigenvalue weighted by atomic mass is 9.95. The van der Waals surface area contributed by atoms with Crippen LogP contribution in [0, 0.1) is 12.8 Å². The predicted octanol–water partition coefficient (Wildman–Crippen LogP) is 3.92. The smallest absolute Gasteiger partial charge is 0.0845 e. The molecule has 0 radical (unpaired) electrons. The number of aliphatic hydroxyl groups excluding tert-OH is 1. The first-order valence-corrected chi connectivity index (χ1v) is 10.1. The summed E-state index contributed by atoms with van der Waals surface area (Å²) >= 11 is 0. The number of β-amino-alcohol motifs (C(OH)–C–C–N with tert-alkyl or cyclic N) is 1. The molecule has 2 aliphatic rings. The molecule has 0 spiro atoms. The van der Waals surface area contributed by atoms with E-state index < -0.39 is 0 Å². The Bertz CT molecular complexity index is 740. The fourth-order valence-corrected chi connectivity index (χ4v) is 4.77. The van der Waals surface area contributed by atoms with Crippen molar-refractivity contribution in [3.05, 3.63) is 35.0 Å². The Kier molecular flexibility index (Phi) is 4.88. The highest BCUT2D eigenvalue weighted by molar-refractivity contribution is 5.86. The van der Waals surface area contributed by atoms with Gasteiger partial charge in [0.2, 0.25) is 0 Å². The van der Waals surface area contributed by atoms with Crippen LogP contribution in [-0.2, 0) is 19.4 Å². The number of piperidine rings is 1. The highest BCUT2D eigenvalue weighted by atomic mass is 16.3. The van der Waals surface area contributed by atoms with E-state index in [1.807, 2.05) is 0 Å². The Morgan fingerprint density at radius 1 is 1.12 bits per heavy atom. The lowest BCUT2D eigenvalue weighted by Gasteiger charge is -2.32. The van der Waals surface area contributed by atoms with Gasteiger partial charge in [-0.05, 0) is 82.2 Å². The molecule has 3 nitrogen and oxygen atoms in total. The number of aromatic nitrogens is 1. The molecular formula is C22H32N2O. The number of aryl methyl sites for hydroxylation is 2. The third-order valence-electron chi connectivity index (χ3n) is 6.27. The quantitative estimate of drug-likeness (QED) is 0.914. The van der Waals surface area contributed by atoms with Crippen molar-refractivity contribution in [3.8, 4) is 0 Å². The van der Waals surface area contributed by atoms with Crippen LogP contribution in [0.4, 0.5) is 0 Å². The van der Waals surface area contributed by atoms with Crippen LogP contribution in [0.25, 0.3) is 10.9 Å². The summed E-state index contributed by atoms with van der Waals surface area (Å²) in [7, 11) is 0.